The van der Waals surface area contributed by atoms with Crippen LogP contribution in [0.1, 0.15) is 12.8 Å². The third-order valence-corrected chi connectivity index (χ3v) is 3.47. The van der Waals surface area contributed by atoms with E-state index in [1.165, 1.54) is 12.1 Å². The van der Waals surface area contributed by atoms with Gasteiger partial charge in [0.1, 0.15) is 5.82 Å². The van der Waals surface area contributed by atoms with E-state index >= 15 is 0 Å². The van der Waals surface area contributed by atoms with Crippen molar-refractivity contribution < 1.29 is 9.50 Å². The van der Waals surface area contributed by atoms with Gasteiger partial charge in [0, 0.05) is 19.3 Å². The summed E-state index contributed by atoms with van der Waals surface area (Å²) in [6.45, 7) is 0.509. The molecule has 0 aromatic heterocycles. The van der Waals surface area contributed by atoms with Crippen LogP contribution in [0.3, 0.4) is 0 Å². The molecule has 1 atom stereocenters. The molecular formula is C13H19FN2O. The fraction of sp³-hybridized carbons (Fsp3) is 0.538. The maximum atomic E-state index is 13.1. The van der Waals surface area contributed by atoms with Crippen molar-refractivity contribution in [2.75, 3.05) is 25.1 Å². The topological polar surface area (TPSA) is 49.5 Å². The first kappa shape index (κ1) is 12.3. The van der Waals surface area contributed by atoms with Crippen LogP contribution in [0.5, 0.6) is 0 Å². The van der Waals surface area contributed by atoms with Crippen LogP contribution >= 0.6 is 0 Å². The van der Waals surface area contributed by atoms with Crippen molar-refractivity contribution in [2.24, 2.45) is 11.7 Å². The molecule has 0 bridgehead atoms. The Balaban J connectivity index is 2.07. The van der Waals surface area contributed by atoms with Gasteiger partial charge in [0.05, 0.1) is 12.1 Å². The second-order valence-electron chi connectivity index (χ2n) is 5.00. The number of aliphatic hydroxyl groups excluding tert-OH is 1. The van der Waals surface area contributed by atoms with Crippen LogP contribution in [0.2, 0.25) is 0 Å². The Hall–Kier alpha value is -1.13. The predicted octanol–water partition coefficient (Wildman–Crippen LogP) is 1.36. The Kier molecular flexibility index (Phi) is 3.35. The molecule has 4 heteroatoms. The van der Waals surface area contributed by atoms with Gasteiger partial charge in [0.2, 0.25) is 0 Å². The largest absolute Gasteiger partial charge is 0.394 e. The van der Waals surface area contributed by atoms with Gasteiger partial charge in [0.25, 0.3) is 0 Å². The monoisotopic (exact) mass is 238 g/mol. The van der Waals surface area contributed by atoms with Crippen molar-refractivity contribution in [1.82, 2.24) is 0 Å². The van der Waals surface area contributed by atoms with E-state index in [-0.39, 0.29) is 12.4 Å². The lowest BCUT2D eigenvalue weighted by Crippen LogP contribution is -2.54. The number of aliphatic hydroxyl groups is 1. The third kappa shape index (κ3) is 2.76. The standard InChI is InChI=1S/C13H19FN2O/c1-16(12-4-2-3-11(14)7-12)8-13(15,9-17)10-5-6-10/h2-4,7,10,17H,5-6,8-9,15H2,1H3. The summed E-state index contributed by atoms with van der Waals surface area (Å²) in [6, 6.07) is 6.41. The van der Waals surface area contributed by atoms with E-state index < -0.39 is 5.54 Å². The Morgan fingerprint density at radius 1 is 1.53 bits per heavy atom. The molecule has 94 valence electrons. The number of halogens is 1. The van der Waals surface area contributed by atoms with Gasteiger partial charge >= 0.3 is 0 Å². The van der Waals surface area contributed by atoms with Gasteiger partial charge in [-0.2, -0.15) is 0 Å². The van der Waals surface area contributed by atoms with Crippen molar-refractivity contribution in [3.8, 4) is 0 Å². The summed E-state index contributed by atoms with van der Waals surface area (Å²) in [4.78, 5) is 1.90. The maximum Gasteiger partial charge on any atom is 0.125 e. The Labute approximate surface area is 101 Å². The van der Waals surface area contributed by atoms with Crippen LogP contribution in [0, 0.1) is 11.7 Å². The second kappa shape index (κ2) is 4.63. The molecule has 1 aromatic rings. The zero-order valence-electron chi connectivity index (χ0n) is 10.1. The maximum absolute atomic E-state index is 13.1. The number of nitrogens with zero attached hydrogens (tertiary/aromatic N) is 1. The number of benzene rings is 1. The molecule has 0 spiro atoms. The zero-order valence-corrected chi connectivity index (χ0v) is 10.1. The number of hydrogen-bond donors (Lipinski definition) is 2. The molecule has 0 aliphatic heterocycles. The first-order chi connectivity index (χ1) is 8.05. The average Bonchev–Trinajstić information content (AvgIpc) is 3.13. The minimum absolute atomic E-state index is 0.0304. The van der Waals surface area contributed by atoms with E-state index in [0.29, 0.717) is 12.5 Å². The van der Waals surface area contributed by atoms with E-state index in [1.54, 1.807) is 6.07 Å². The molecule has 0 heterocycles. The quantitative estimate of drug-likeness (QED) is 0.814. The van der Waals surface area contributed by atoms with E-state index in [9.17, 15) is 9.50 Å². The van der Waals surface area contributed by atoms with Crippen molar-refractivity contribution in [2.45, 2.75) is 18.4 Å². The number of hydrogen-bond acceptors (Lipinski definition) is 3. The Bertz CT molecular complexity index is 395. The summed E-state index contributed by atoms with van der Waals surface area (Å²) in [5, 5.41) is 9.42. The fourth-order valence-corrected chi connectivity index (χ4v) is 2.21. The van der Waals surface area contributed by atoms with Crippen LogP contribution < -0.4 is 10.6 Å². The summed E-state index contributed by atoms with van der Waals surface area (Å²) >= 11 is 0. The predicted molar refractivity (Wildman–Crippen MR) is 66.4 cm³/mol. The summed E-state index contributed by atoms with van der Waals surface area (Å²) in [5.74, 6) is 0.135. The van der Waals surface area contributed by atoms with Gasteiger partial charge in [-0.3, -0.25) is 0 Å². The van der Waals surface area contributed by atoms with Crippen molar-refractivity contribution in [3.63, 3.8) is 0 Å². The van der Waals surface area contributed by atoms with Gasteiger partial charge in [0.15, 0.2) is 0 Å². The number of anilines is 1. The molecule has 0 radical (unpaired) electrons. The first-order valence-corrected chi connectivity index (χ1v) is 5.91. The summed E-state index contributed by atoms with van der Waals surface area (Å²) < 4.78 is 13.1. The molecule has 1 saturated carbocycles. The first-order valence-electron chi connectivity index (χ1n) is 5.91. The zero-order chi connectivity index (χ0) is 12.5. The molecule has 3 N–H and O–H groups in total. The molecule has 1 aromatic carbocycles. The Morgan fingerprint density at radius 3 is 2.76 bits per heavy atom. The van der Waals surface area contributed by atoms with Crippen molar-refractivity contribution >= 4 is 5.69 Å². The SMILES string of the molecule is CN(CC(N)(CO)C1CC1)c1cccc(F)c1. The minimum atomic E-state index is -0.568. The molecule has 17 heavy (non-hydrogen) atoms. The van der Waals surface area contributed by atoms with E-state index in [4.69, 9.17) is 5.73 Å². The molecule has 1 fully saturated rings. The normalized spacial score (nSPS) is 18.8. The fourth-order valence-electron chi connectivity index (χ4n) is 2.21. The third-order valence-electron chi connectivity index (χ3n) is 3.47. The highest BCUT2D eigenvalue weighted by molar-refractivity contribution is 5.46. The highest BCUT2D eigenvalue weighted by atomic mass is 19.1. The van der Waals surface area contributed by atoms with Gasteiger partial charge in [-0.15, -0.1) is 0 Å². The van der Waals surface area contributed by atoms with Gasteiger partial charge in [-0.1, -0.05) is 6.07 Å². The van der Waals surface area contributed by atoms with Gasteiger partial charge in [-0.25, -0.2) is 4.39 Å². The van der Waals surface area contributed by atoms with Crippen LogP contribution in [-0.4, -0.2) is 30.8 Å². The summed E-state index contributed by atoms with van der Waals surface area (Å²) in [7, 11) is 1.87. The molecule has 1 unspecified atom stereocenters. The highest BCUT2D eigenvalue weighted by Gasteiger charge is 2.42. The molecule has 2 rings (SSSR count). The average molecular weight is 238 g/mol. The summed E-state index contributed by atoms with van der Waals surface area (Å²) in [5.41, 5.74) is 6.41. The molecule has 0 amide bonds. The molecule has 1 aliphatic rings. The number of likely N-dealkylation sites (N-methyl/N-ethyl adjacent to an activating group) is 1. The van der Waals surface area contributed by atoms with Crippen LogP contribution in [0.4, 0.5) is 10.1 Å². The van der Waals surface area contributed by atoms with Crippen molar-refractivity contribution in [3.05, 3.63) is 30.1 Å². The van der Waals surface area contributed by atoms with E-state index in [0.717, 1.165) is 18.5 Å². The van der Waals surface area contributed by atoms with E-state index in [2.05, 4.69) is 0 Å². The van der Waals surface area contributed by atoms with E-state index in [1.807, 2.05) is 18.0 Å². The lowest BCUT2D eigenvalue weighted by molar-refractivity contribution is 0.181. The van der Waals surface area contributed by atoms with Gasteiger partial charge in [-0.05, 0) is 37.0 Å². The highest BCUT2D eigenvalue weighted by Crippen LogP contribution is 2.38. The lowest BCUT2D eigenvalue weighted by atomic mass is 9.95. The lowest BCUT2D eigenvalue weighted by Gasteiger charge is -2.33. The van der Waals surface area contributed by atoms with Crippen LogP contribution in [0.15, 0.2) is 24.3 Å². The van der Waals surface area contributed by atoms with Crippen LogP contribution in [-0.2, 0) is 0 Å². The van der Waals surface area contributed by atoms with Crippen molar-refractivity contribution in [1.29, 1.82) is 0 Å². The minimum Gasteiger partial charge on any atom is -0.394 e. The van der Waals surface area contributed by atoms with Crippen LogP contribution in [0.25, 0.3) is 0 Å². The second-order valence-corrected chi connectivity index (χ2v) is 5.00. The molecular weight excluding hydrogens is 219 g/mol. The molecule has 3 nitrogen and oxygen atoms in total. The summed E-state index contributed by atoms with van der Waals surface area (Å²) in [6.07, 6.45) is 2.15. The van der Waals surface area contributed by atoms with Gasteiger partial charge < -0.3 is 15.7 Å². The Morgan fingerprint density at radius 2 is 2.24 bits per heavy atom. The number of rotatable bonds is 5. The smallest absolute Gasteiger partial charge is 0.125 e. The molecule has 1 aliphatic carbocycles. The number of nitrogens with two attached hydrogens (primary N) is 1. The molecule has 0 saturated heterocycles.